The van der Waals surface area contributed by atoms with Crippen molar-refractivity contribution in [3.63, 3.8) is 0 Å². The number of hydrogen-bond donors (Lipinski definition) is 1. The number of nitrogens with one attached hydrogen (secondary N) is 1. The second kappa shape index (κ2) is 7.69. The summed E-state index contributed by atoms with van der Waals surface area (Å²) in [6.07, 6.45) is 1.80. The fraction of sp³-hybridized carbons (Fsp3) is 0.211. The van der Waals surface area contributed by atoms with Gasteiger partial charge in [-0.25, -0.2) is 4.98 Å². The van der Waals surface area contributed by atoms with E-state index in [0.29, 0.717) is 19.1 Å². The van der Waals surface area contributed by atoms with Crippen molar-refractivity contribution < 1.29 is 9.66 Å². The van der Waals surface area contributed by atoms with Crippen LogP contribution in [0.3, 0.4) is 0 Å². The molecule has 2 aromatic carbocycles. The van der Waals surface area contributed by atoms with Crippen molar-refractivity contribution >= 4 is 11.6 Å². The van der Waals surface area contributed by atoms with Gasteiger partial charge in [0.15, 0.2) is 0 Å². The molecule has 7 heteroatoms. The summed E-state index contributed by atoms with van der Waals surface area (Å²) < 4.78 is 7.41. The Balaban J connectivity index is 1.73. The molecule has 0 saturated heterocycles. The third-order valence-electron chi connectivity index (χ3n) is 4.02. The van der Waals surface area contributed by atoms with Crippen molar-refractivity contribution in [3.05, 3.63) is 70.4 Å². The van der Waals surface area contributed by atoms with E-state index in [-0.39, 0.29) is 5.69 Å². The largest absolute Gasteiger partial charge is 0.494 e. The number of benzene rings is 2. The molecule has 0 aliphatic heterocycles. The van der Waals surface area contributed by atoms with Crippen LogP contribution in [0.15, 0.2) is 54.7 Å². The lowest BCUT2D eigenvalue weighted by atomic mass is 10.1. The molecule has 1 aromatic heterocycles. The van der Waals surface area contributed by atoms with Gasteiger partial charge in [-0.2, -0.15) is 0 Å². The molecule has 134 valence electrons. The second-order valence-corrected chi connectivity index (χ2v) is 5.76. The van der Waals surface area contributed by atoms with Gasteiger partial charge in [0, 0.05) is 31.3 Å². The fourth-order valence-electron chi connectivity index (χ4n) is 2.69. The van der Waals surface area contributed by atoms with E-state index in [0.717, 1.165) is 22.6 Å². The monoisotopic (exact) mass is 352 g/mol. The maximum atomic E-state index is 10.9. The summed E-state index contributed by atoms with van der Waals surface area (Å²) in [4.78, 5) is 14.9. The Labute approximate surface area is 151 Å². The number of non-ortho nitro benzene ring substituents is 1. The average Bonchev–Trinajstić information content (AvgIpc) is 3.02. The van der Waals surface area contributed by atoms with Gasteiger partial charge in [-0.1, -0.05) is 12.1 Å². The molecule has 0 aliphatic rings. The first-order valence-corrected chi connectivity index (χ1v) is 8.30. The highest BCUT2D eigenvalue weighted by Gasteiger charge is 2.10. The number of hydrogen-bond acceptors (Lipinski definition) is 5. The smallest absolute Gasteiger partial charge is 0.269 e. The second-order valence-electron chi connectivity index (χ2n) is 5.76. The van der Waals surface area contributed by atoms with Crippen LogP contribution in [0.2, 0.25) is 0 Å². The third-order valence-corrected chi connectivity index (χ3v) is 4.02. The van der Waals surface area contributed by atoms with Crippen molar-refractivity contribution in [2.75, 3.05) is 11.9 Å². The van der Waals surface area contributed by atoms with Crippen molar-refractivity contribution in [2.24, 2.45) is 7.05 Å². The molecule has 1 N–H and O–H groups in total. The minimum absolute atomic E-state index is 0.0826. The highest BCUT2D eigenvalue weighted by Crippen LogP contribution is 2.24. The van der Waals surface area contributed by atoms with Crippen LogP contribution in [0.5, 0.6) is 5.75 Å². The summed E-state index contributed by atoms with van der Waals surface area (Å²) in [5.41, 5.74) is 2.91. The fourth-order valence-corrected chi connectivity index (χ4v) is 2.69. The maximum absolute atomic E-state index is 10.9. The highest BCUT2D eigenvalue weighted by molar-refractivity contribution is 5.62. The Morgan fingerprint density at radius 2 is 2.00 bits per heavy atom. The Hall–Kier alpha value is -3.35. The van der Waals surface area contributed by atoms with Gasteiger partial charge >= 0.3 is 0 Å². The number of imidazole rings is 1. The van der Waals surface area contributed by atoms with E-state index in [4.69, 9.17) is 4.74 Å². The molecule has 1 heterocycles. The third kappa shape index (κ3) is 3.83. The van der Waals surface area contributed by atoms with Gasteiger partial charge < -0.3 is 14.6 Å². The van der Waals surface area contributed by atoms with Crippen LogP contribution in [0.25, 0.3) is 11.3 Å². The lowest BCUT2D eigenvalue weighted by Gasteiger charge is -2.09. The molecule has 0 atom stereocenters. The Kier molecular flexibility index (Phi) is 5.17. The number of ether oxygens (including phenoxy) is 1. The zero-order valence-corrected chi connectivity index (χ0v) is 14.7. The first kappa shape index (κ1) is 17.5. The number of nitro benzene ring substituents is 1. The first-order chi connectivity index (χ1) is 12.6. The van der Waals surface area contributed by atoms with Gasteiger partial charge in [0.25, 0.3) is 5.69 Å². The van der Waals surface area contributed by atoms with Crippen molar-refractivity contribution in [2.45, 2.75) is 13.5 Å². The summed E-state index contributed by atoms with van der Waals surface area (Å²) in [6, 6.07) is 14.4. The molecule has 3 rings (SSSR count). The number of aromatic nitrogens is 2. The minimum Gasteiger partial charge on any atom is -0.494 e. The minimum atomic E-state index is -0.395. The molecule has 3 aromatic rings. The molecular weight excluding hydrogens is 332 g/mol. The summed E-state index contributed by atoms with van der Waals surface area (Å²) in [5.74, 6) is 1.53. The van der Waals surface area contributed by atoms with E-state index in [1.54, 1.807) is 18.3 Å². The van der Waals surface area contributed by atoms with E-state index >= 15 is 0 Å². The van der Waals surface area contributed by atoms with E-state index in [9.17, 15) is 10.1 Å². The molecule has 0 radical (unpaired) electrons. The van der Waals surface area contributed by atoms with E-state index in [2.05, 4.69) is 10.3 Å². The van der Waals surface area contributed by atoms with Gasteiger partial charge in [0.2, 0.25) is 5.95 Å². The molecular formula is C19H20N4O3. The maximum Gasteiger partial charge on any atom is 0.269 e. The van der Waals surface area contributed by atoms with Gasteiger partial charge in [-0.3, -0.25) is 10.1 Å². The number of nitro groups is 1. The molecule has 0 saturated carbocycles. The van der Waals surface area contributed by atoms with Gasteiger partial charge in [-0.05, 0) is 36.8 Å². The topological polar surface area (TPSA) is 82.2 Å². The van der Waals surface area contributed by atoms with E-state index < -0.39 is 4.92 Å². The lowest BCUT2D eigenvalue weighted by Crippen LogP contribution is -2.06. The molecule has 7 nitrogen and oxygen atoms in total. The van der Waals surface area contributed by atoms with E-state index in [1.165, 1.54) is 6.07 Å². The van der Waals surface area contributed by atoms with Crippen molar-refractivity contribution in [1.29, 1.82) is 0 Å². The summed E-state index contributed by atoms with van der Waals surface area (Å²) in [7, 11) is 1.93. The number of anilines is 1. The number of rotatable bonds is 7. The Morgan fingerprint density at radius 3 is 2.69 bits per heavy atom. The predicted octanol–water partition coefficient (Wildman–Crippen LogP) is 4.01. The van der Waals surface area contributed by atoms with Crippen LogP contribution < -0.4 is 10.1 Å². The van der Waals surface area contributed by atoms with Crippen molar-refractivity contribution in [3.8, 4) is 17.0 Å². The summed E-state index contributed by atoms with van der Waals surface area (Å²) >= 11 is 0. The quantitative estimate of drug-likeness (QED) is 0.513. The molecule has 26 heavy (non-hydrogen) atoms. The van der Waals surface area contributed by atoms with Gasteiger partial charge in [-0.15, -0.1) is 0 Å². The van der Waals surface area contributed by atoms with Crippen LogP contribution in [-0.2, 0) is 13.6 Å². The van der Waals surface area contributed by atoms with Crippen molar-refractivity contribution in [1.82, 2.24) is 9.55 Å². The van der Waals surface area contributed by atoms with Crippen LogP contribution in [0.4, 0.5) is 11.6 Å². The van der Waals surface area contributed by atoms with Gasteiger partial charge in [0.05, 0.1) is 23.4 Å². The van der Waals surface area contributed by atoms with Crippen LogP contribution >= 0.6 is 0 Å². The zero-order valence-electron chi connectivity index (χ0n) is 14.7. The predicted molar refractivity (Wildman–Crippen MR) is 100 cm³/mol. The molecule has 0 unspecified atom stereocenters. The highest BCUT2D eigenvalue weighted by atomic mass is 16.6. The van der Waals surface area contributed by atoms with Gasteiger partial charge in [0.1, 0.15) is 5.75 Å². The molecule has 0 bridgehead atoms. The van der Waals surface area contributed by atoms with Crippen LogP contribution in [0, 0.1) is 10.1 Å². The Morgan fingerprint density at radius 1 is 1.23 bits per heavy atom. The standard InChI is InChI=1S/C19H20N4O3/c1-3-26-17-9-7-15(8-10-17)18-13-21-19(22(18)2)20-12-14-5-4-6-16(11-14)23(24)25/h4-11,13H,3,12H2,1-2H3,(H,20,21). The molecule has 0 fully saturated rings. The molecule has 0 aliphatic carbocycles. The zero-order chi connectivity index (χ0) is 18.5. The average molecular weight is 352 g/mol. The summed E-state index contributed by atoms with van der Waals surface area (Å²) in [6.45, 7) is 3.04. The first-order valence-electron chi connectivity index (χ1n) is 8.30. The summed E-state index contributed by atoms with van der Waals surface area (Å²) in [5, 5.41) is 14.1. The van der Waals surface area contributed by atoms with Crippen LogP contribution in [-0.4, -0.2) is 21.1 Å². The van der Waals surface area contributed by atoms with Crippen LogP contribution in [0.1, 0.15) is 12.5 Å². The molecule has 0 amide bonds. The lowest BCUT2D eigenvalue weighted by molar-refractivity contribution is -0.384. The molecule has 0 spiro atoms. The SMILES string of the molecule is CCOc1ccc(-c2cnc(NCc3cccc([N+](=O)[O-])c3)n2C)cc1. The normalized spacial score (nSPS) is 10.5. The number of nitrogens with zero attached hydrogens (tertiary/aromatic N) is 3. The Bertz CT molecular complexity index is 903. The van der Waals surface area contributed by atoms with E-state index in [1.807, 2.05) is 48.9 Å².